The molecule has 0 radical (unpaired) electrons. The average molecular weight is 687 g/mol. The fourth-order valence-electron chi connectivity index (χ4n) is 4.70. The van der Waals surface area contributed by atoms with Crippen molar-refractivity contribution in [3.63, 3.8) is 0 Å². The minimum Gasteiger partial charge on any atom is -0.354 e. The van der Waals surface area contributed by atoms with E-state index in [0.29, 0.717) is 17.1 Å². The summed E-state index contributed by atoms with van der Waals surface area (Å²) in [5, 5.41) is 3.68. The van der Waals surface area contributed by atoms with Gasteiger partial charge in [-0.3, -0.25) is 13.9 Å². The van der Waals surface area contributed by atoms with Gasteiger partial charge in [0, 0.05) is 29.6 Å². The lowest BCUT2D eigenvalue weighted by atomic mass is 10.0. The van der Waals surface area contributed by atoms with Gasteiger partial charge in [0.2, 0.25) is 11.8 Å². The molecule has 0 spiro atoms. The lowest BCUT2D eigenvalue weighted by Gasteiger charge is -2.34. The minimum atomic E-state index is -4.31. The zero-order chi connectivity index (χ0) is 32.6. The average Bonchev–Trinajstić information content (AvgIpc) is 3.03. The highest BCUT2D eigenvalue weighted by Crippen LogP contribution is 2.33. The highest BCUT2D eigenvalue weighted by Gasteiger charge is 2.35. The standard InChI is InChI=1S/C34H34Cl3N3O4S/c1-24(2)21-38-34(42)32(19-25-11-5-3-6-12-25)39(22-26-13-9-10-16-29(26)36)33(41)23-40(31-20-27(35)17-18-30(31)37)45(43,44)28-14-7-4-8-15-28/h3-18,20,24,32H,19,21-23H2,1-2H3,(H,38,42)/t32-/m0/s1. The van der Waals surface area contributed by atoms with Gasteiger partial charge in [-0.2, -0.15) is 0 Å². The van der Waals surface area contributed by atoms with E-state index in [4.69, 9.17) is 34.8 Å². The van der Waals surface area contributed by atoms with Crippen LogP contribution in [0.4, 0.5) is 5.69 Å². The third kappa shape index (κ3) is 9.01. The fourth-order valence-corrected chi connectivity index (χ4v) is 6.77. The van der Waals surface area contributed by atoms with Crippen molar-refractivity contribution < 1.29 is 18.0 Å². The third-order valence-corrected chi connectivity index (χ3v) is 9.74. The summed E-state index contributed by atoms with van der Waals surface area (Å²) in [6, 6.07) is 27.5. The monoisotopic (exact) mass is 685 g/mol. The normalized spacial score (nSPS) is 12.0. The van der Waals surface area contributed by atoms with Crippen LogP contribution in [0, 0.1) is 5.92 Å². The Bertz CT molecular complexity index is 1720. The van der Waals surface area contributed by atoms with Crippen molar-refractivity contribution in [1.29, 1.82) is 0 Å². The second-order valence-electron chi connectivity index (χ2n) is 10.9. The Hall–Kier alpha value is -3.56. The molecule has 7 nitrogen and oxygen atoms in total. The quantitative estimate of drug-likeness (QED) is 0.161. The molecular formula is C34H34Cl3N3O4S. The van der Waals surface area contributed by atoms with E-state index < -0.39 is 28.5 Å². The number of nitrogens with one attached hydrogen (secondary N) is 1. The van der Waals surface area contributed by atoms with Crippen LogP contribution in [-0.4, -0.2) is 44.3 Å². The van der Waals surface area contributed by atoms with Crippen molar-refractivity contribution in [3.05, 3.63) is 129 Å². The molecule has 236 valence electrons. The summed E-state index contributed by atoms with van der Waals surface area (Å²) in [6.45, 7) is 3.63. The number of anilines is 1. The summed E-state index contributed by atoms with van der Waals surface area (Å²) in [7, 11) is -4.31. The van der Waals surface area contributed by atoms with Gasteiger partial charge in [0.15, 0.2) is 0 Å². The van der Waals surface area contributed by atoms with Crippen LogP contribution >= 0.6 is 34.8 Å². The first-order valence-corrected chi connectivity index (χ1v) is 16.9. The number of halogens is 3. The number of carbonyl (C=O) groups is 2. The maximum absolute atomic E-state index is 14.5. The molecule has 0 aliphatic carbocycles. The van der Waals surface area contributed by atoms with Crippen molar-refractivity contribution in [2.24, 2.45) is 5.92 Å². The summed E-state index contributed by atoms with van der Waals surface area (Å²) in [6.07, 6.45) is 0.185. The van der Waals surface area contributed by atoms with Gasteiger partial charge in [0.05, 0.1) is 15.6 Å². The third-order valence-electron chi connectivity index (χ3n) is 7.04. The number of hydrogen-bond donors (Lipinski definition) is 1. The molecule has 0 heterocycles. The Kier molecular flexibility index (Phi) is 11.9. The number of rotatable bonds is 13. The van der Waals surface area contributed by atoms with Gasteiger partial charge in [0.1, 0.15) is 12.6 Å². The first-order chi connectivity index (χ1) is 21.5. The van der Waals surface area contributed by atoms with Crippen molar-refractivity contribution in [3.8, 4) is 0 Å². The van der Waals surface area contributed by atoms with Crippen LogP contribution in [0.3, 0.4) is 0 Å². The zero-order valence-corrected chi connectivity index (χ0v) is 28.0. The number of carbonyl (C=O) groups excluding carboxylic acids is 2. The van der Waals surface area contributed by atoms with Crippen molar-refractivity contribution in [1.82, 2.24) is 10.2 Å². The predicted octanol–water partition coefficient (Wildman–Crippen LogP) is 7.25. The molecule has 11 heteroatoms. The number of amides is 2. The summed E-state index contributed by atoms with van der Waals surface area (Å²) in [4.78, 5) is 29.7. The van der Waals surface area contributed by atoms with E-state index in [9.17, 15) is 18.0 Å². The number of hydrogen-bond acceptors (Lipinski definition) is 4. The molecule has 0 fully saturated rings. The van der Waals surface area contributed by atoms with E-state index >= 15 is 0 Å². The smallest absolute Gasteiger partial charge is 0.264 e. The van der Waals surface area contributed by atoms with Gasteiger partial charge >= 0.3 is 0 Å². The van der Waals surface area contributed by atoms with E-state index in [-0.39, 0.29) is 45.4 Å². The lowest BCUT2D eigenvalue weighted by Crippen LogP contribution is -2.53. The fraction of sp³-hybridized carbons (Fsp3) is 0.235. The highest BCUT2D eigenvalue weighted by atomic mass is 35.5. The Morgan fingerprint density at radius 1 is 0.800 bits per heavy atom. The molecule has 0 saturated heterocycles. The predicted molar refractivity (Wildman–Crippen MR) is 181 cm³/mol. The summed E-state index contributed by atoms with van der Waals surface area (Å²) >= 11 is 19.3. The topological polar surface area (TPSA) is 86.8 Å². The van der Waals surface area contributed by atoms with E-state index in [2.05, 4.69) is 5.32 Å². The van der Waals surface area contributed by atoms with Gasteiger partial charge in [-0.25, -0.2) is 8.42 Å². The Morgan fingerprint density at radius 2 is 1.42 bits per heavy atom. The zero-order valence-electron chi connectivity index (χ0n) is 24.9. The van der Waals surface area contributed by atoms with Gasteiger partial charge in [-0.1, -0.05) is 115 Å². The van der Waals surface area contributed by atoms with Crippen LogP contribution in [0.15, 0.2) is 108 Å². The molecule has 1 N–H and O–H groups in total. The van der Waals surface area contributed by atoms with Gasteiger partial charge < -0.3 is 10.2 Å². The Balaban J connectivity index is 1.83. The van der Waals surface area contributed by atoms with E-state index in [1.54, 1.807) is 42.5 Å². The molecule has 45 heavy (non-hydrogen) atoms. The van der Waals surface area contributed by atoms with Crippen molar-refractivity contribution in [2.45, 2.75) is 37.8 Å². The van der Waals surface area contributed by atoms with Gasteiger partial charge in [0.25, 0.3) is 10.0 Å². The molecule has 4 aromatic rings. The first-order valence-electron chi connectivity index (χ1n) is 14.3. The van der Waals surface area contributed by atoms with Crippen LogP contribution in [-0.2, 0) is 32.6 Å². The molecule has 2 amide bonds. The summed E-state index contributed by atoms with van der Waals surface area (Å²) in [5.41, 5.74) is 1.45. The highest BCUT2D eigenvalue weighted by molar-refractivity contribution is 7.92. The van der Waals surface area contributed by atoms with Gasteiger partial charge in [-0.05, 0) is 53.4 Å². The van der Waals surface area contributed by atoms with Crippen molar-refractivity contribution in [2.75, 3.05) is 17.4 Å². The molecule has 0 unspecified atom stereocenters. The largest absolute Gasteiger partial charge is 0.354 e. The first kappa shape index (κ1) is 34.3. The summed E-state index contributed by atoms with van der Waals surface area (Å²) in [5.74, 6) is -0.840. The SMILES string of the molecule is CC(C)CNC(=O)[C@H](Cc1ccccc1)N(Cc1ccccc1Cl)C(=O)CN(c1cc(Cl)ccc1Cl)S(=O)(=O)c1ccccc1. The van der Waals surface area contributed by atoms with Crippen LogP contribution in [0.5, 0.6) is 0 Å². The van der Waals surface area contributed by atoms with Crippen LogP contribution in [0.2, 0.25) is 15.1 Å². The molecule has 1 atom stereocenters. The van der Waals surface area contributed by atoms with Crippen LogP contribution < -0.4 is 9.62 Å². The number of nitrogens with zero attached hydrogens (tertiary/aromatic N) is 2. The number of benzene rings is 4. The Labute approximate surface area is 279 Å². The van der Waals surface area contributed by atoms with E-state index in [1.165, 1.54) is 35.2 Å². The van der Waals surface area contributed by atoms with E-state index in [0.717, 1.165) is 9.87 Å². The van der Waals surface area contributed by atoms with E-state index in [1.807, 2.05) is 44.2 Å². The summed E-state index contributed by atoms with van der Waals surface area (Å²) < 4.78 is 29.1. The molecule has 4 rings (SSSR count). The van der Waals surface area contributed by atoms with Gasteiger partial charge in [-0.15, -0.1) is 0 Å². The molecule has 0 aliphatic heterocycles. The molecular weight excluding hydrogens is 653 g/mol. The van der Waals surface area contributed by atoms with Crippen LogP contribution in [0.25, 0.3) is 0 Å². The molecule has 0 saturated carbocycles. The molecule has 0 aromatic heterocycles. The van der Waals surface area contributed by atoms with Crippen molar-refractivity contribution >= 4 is 62.3 Å². The van der Waals surface area contributed by atoms with Crippen LogP contribution in [0.1, 0.15) is 25.0 Å². The maximum atomic E-state index is 14.5. The maximum Gasteiger partial charge on any atom is 0.264 e. The molecule has 0 bridgehead atoms. The lowest BCUT2D eigenvalue weighted by molar-refractivity contribution is -0.140. The minimum absolute atomic E-state index is 0.0305. The number of sulfonamides is 1. The second-order valence-corrected chi connectivity index (χ2v) is 14.0. The Morgan fingerprint density at radius 3 is 2.07 bits per heavy atom. The molecule has 0 aliphatic rings. The molecule has 4 aromatic carbocycles. The second kappa shape index (κ2) is 15.6.